The molecular formula is C18H10S2. The van der Waals surface area contributed by atoms with E-state index in [0.717, 1.165) is 0 Å². The summed E-state index contributed by atoms with van der Waals surface area (Å²) in [4.78, 5) is 0. The number of hydrogen-bond donors (Lipinski definition) is 0. The summed E-state index contributed by atoms with van der Waals surface area (Å²) in [6.45, 7) is 0. The number of thiophene rings is 2. The van der Waals surface area contributed by atoms with Crippen molar-refractivity contribution in [2.45, 2.75) is 0 Å². The second kappa shape index (κ2) is 3.81. The van der Waals surface area contributed by atoms with Gasteiger partial charge in [-0.15, -0.1) is 0 Å². The Hall–Kier alpha value is -1.90. The van der Waals surface area contributed by atoms with E-state index < -0.39 is 0 Å². The van der Waals surface area contributed by atoms with Crippen LogP contribution < -0.4 is 0 Å². The summed E-state index contributed by atoms with van der Waals surface area (Å²) < 4.78 is 0. The van der Waals surface area contributed by atoms with Crippen molar-refractivity contribution in [3.8, 4) is 0 Å². The minimum atomic E-state index is 1.33. The fraction of sp³-hybridized carbons (Fsp3) is 0. The molecule has 0 nitrogen and oxygen atoms in total. The molecule has 20 heavy (non-hydrogen) atoms. The van der Waals surface area contributed by atoms with Gasteiger partial charge in [-0.25, -0.2) is 0 Å². The highest BCUT2D eigenvalue weighted by Crippen LogP contribution is 2.35. The maximum absolute atomic E-state index is 2.37. The average molecular weight is 290 g/mol. The summed E-state index contributed by atoms with van der Waals surface area (Å²) in [6, 6.07) is 13.6. The first-order chi connectivity index (χ1) is 9.90. The predicted molar refractivity (Wildman–Crippen MR) is 92.2 cm³/mol. The van der Waals surface area contributed by atoms with E-state index in [2.05, 4.69) is 57.9 Å². The zero-order chi connectivity index (χ0) is 13.1. The first-order valence-electron chi connectivity index (χ1n) is 6.57. The zero-order valence-corrected chi connectivity index (χ0v) is 12.2. The maximum Gasteiger partial charge on any atom is 0.000205 e. The minimum absolute atomic E-state index is 1.33. The van der Waals surface area contributed by atoms with Crippen LogP contribution in [0.2, 0.25) is 0 Å². The molecule has 5 aromatic rings. The van der Waals surface area contributed by atoms with Gasteiger partial charge in [0, 0.05) is 10.8 Å². The standard InChI is InChI=1S/C18H10S2/c1-3-13-7-19-9-17(13)15-6-16-12(5-11(1)15)2-4-14-8-20-10-18(14)16/h1-10H. The molecule has 2 heterocycles. The fourth-order valence-corrected chi connectivity index (χ4v) is 4.68. The molecule has 0 amide bonds. The SMILES string of the molecule is c1cc2cc3ccc4cscc4c3cc2c2cscc12. The molecule has 0 saturated carbocycles. The molecule has 2 heteroatoms. The molecule has 0 aliphatic heterocycles. The van der Waals surface area contributed by atoms with Gasteiger partial charge in [-0.2, -0.15) is 22.7 Å². The molecule has 0 radical (unpaired) electrons. The molecule has 3 aromatic carbocycles. The summed E-state index contributed by atoms with van der Waals surface area (Å²) >= 11 is 3.56. The Morgan fingerprint density at radius 3 is 1.50 bits per heavy atom. The van der Waals surface area contributed by atoms with Gasteiger partial charge in [-0.3, -0.25) is 0 Å². The Labute approximate surface area is 123 Å². The van der Waals surface area contributed by atoms with Crippen LogP contribution in [0.1, 0.15) is 0 Å². The van der Waals surface area contributed by atoms with Crippen LogP contribution in [-0.4, -0.2) is 0 Å². The summed E-state index contributed by atoms with van der Waals surface area (Å²) in [5.74, 6) is 0. The summed E-state index contributed by atoms with van der Waals surface area (Å²) in [7, 11) is 0. The van der Waals surface area contributed by atoms with Crippen molar-refractivity contribution in [3.05, 3.63) is 57.9 Å². The molecule has 0 aliphatic carbocycles. The number of rotatable bonds is 0. The molecule has 0 fully saturated rings. The van der Waals surface area contributed by atoms with E-state index in [-0.39, 0.29) is 0 Å². The van der Waals surface area contributed by atoms with Crippen molar-refractivity contribution in [1.29, 1.82) is 0 Å². The van der Waals surface area contributed by atoms with Crippen LogP contribution in [0.5, 0.6) is 0 Å². The van der Waals surface area contributed by atoms with Crippen LogP contribution >= 0.6 is 22.7 Å². The molecule has 94 valence electrons. The number of benzene rings is 3. The summed E-state index contributed by atoms with van der Waals surface area (Å²) in [5.41, 5.74) is 0. The van der Waals surface area contributed by atoms with Crippen molar-refractivity contribution in [2.75, 3.05) is 0 Å². The molecular weight excluding hydrogens is 280 g/mol. The molecule has 5 rings (SSSR count). The highest BCUT2D eigenvalue weighted by Gasteiger charge is 2.06. The Morgan fingerprint density at radius 2 is 0.950 bits per heavy atom. The topological polar surface area (TPSA) is 0 Å². The lowest BCUT2D eigenvalue weighted by Gasteiger charge is -2.05. The minimum Gasteiger partial charge on any atom is -0.151 e. The average Bonchev–Trinajstić information content (AvgIpc) is 3.13. The lowest BCUT2D eigenvalue weighted by Crippen LogP contribution is -1.78. The fourth-order valence-electron chi connectivity index (χ4n) is 3.05. The third kappa shape index (κ3) is 1.35. The van der Waals surface area contributed by atoms with Gasteiger partial charge in [0.2, 0.25) is 0 Å². The molecule has 2 aromatic heterocycles. The van der Waals surface area contributed by atoms with Crippen LogP contribution in [0, 0.1) is 0 Å². The molecule has 0 atom stereocenters. The smallest absolute Gasteiger partial charge is 0.000205 e. The van der Waals surface area contributed by atoms with Crippen LogP contribution in [-0.2, 0) is 0 Å². The highest BCUT2D eigenvalue weighted by molar-refractivity contribution is 7.09. The zero-order valence-electron chi connectivity index (χ0n) is 10.6. The first-order valence-corrected chi connectivity index (χ1v) is 8.46. The second-order valence-electron chi connectivity index (χ2n) is 5.17. The van der Waals surface area contributed by atoms with Gasteiger partial charge in [0.15, 0.2) is 0 Å². The van der Waals surface area contributed by atoms with E-state index in [9.17, 15) is 0 Å². The third-order valence-electron chi connectivity index (χ3n) is 4.07. The van der Waals surface area contributed by atoms with Gasteiger partial charge in [-0.1, -0.05) is 24.3 Å². The van der Waals surface area contributed by atoms with Crippen molar-refractivity contribution >= 4 is 65.8 Å². The van der Waals surface area contributed by atoms with Crippen molar-refractivity contribution < 1.29 is 0 Å². The van der Waals surface area contributed by atoms with E-state index in [1.165, 1.54) is 43.1 Å². The Balaban J connectivity index is 2.09. The largest absolute Gasteiger partial charge is 0.151 e. The van der Waals surface area contributed by atoms with Crippen LogP contribution in [0.15, 0.2) is 57.9 Å². The monoisotopic (exact) mass is 290 g/mol. The van der Waals surface area contributed by atoms with E-state index >= 15 is 0 Å². The molecule has 0 spiro atoms. The van der Waals surface area contributed by atoms with Crippen LogP contribution in [0.3, 0.4) is 0 Å². The number of hydrogen-bond acceptors (Lipinski definition) is 2. The van der Waals surface area contributed by atoms with Crippen LogP contribution in [0.25, 0.3) is 43.1 Å². The van der Waals surface area contributed by atoms with E-state index in [1.807, 2.05) is 0 Å². The molecule has 0 aliphatic rings. The van der Waals surface area contributed by atoms with Crippen molar-refractivity contribution in [3.63, 3.8) is 0 Å². The summed E-state index contributed by atoms with van der Waals surface area (Å²) in [5, 5.41) is 19.8. The maximum atomic E-state index is 2.37. The van der Waals surface area contributed by atoms with Gasteiger partial charge in [-0.05, 0) is 66.0 Å². The van der Waals surface area contributed by atoms with Gasteiger partial charge in [0.25, 0.3) is 0 Å². The summed E-state index contributed by atoms with van der Waals surface area (Å²) in [6.07, 6.45) is 0. The quantitative estimate of drug-likeness (QED) is 0.289. The lowest BCUT2D eigenvalue weighted by atomic mass is 9.98. The molecule has 0 unspecified atom stereocenters. The lowest BCUT2D eigenvalue weighted by molar-refractivity contribution is 1.88. The van der Waals surface area contributed by atoms with Crippen molar-refractivity contribution in [1.82, 2.24) is 0 Å². The normalized spacial score (nSPS) is 12.0. The molecule has 0 N–H and O–H groups in total. The highest BCUT2D eigenvalue weighted by atomic mass is 32.1. The van der Waals surface area contributed by atoms with Gasteiger partial charge >= 0.3 is 0 Å². The Bertz CT molecular complexity index is 1010. The first kappa shape index (κ1) is 10.8. The predicted octanol–water partition coefficient (Wildman–Crippen LogP) is 6.42. The molecule has 0 saturated heterocycles. The van der Waals surface area contributed by atoms with Gasteiger partial charge in [0.05, 0.1) is 0 Å². The van der Waals surface area contributed by atoms with E-state index in [1.54, 1.807) is 22.7 Å². The Kier molecular flexibility index (Phi) is 2.07. The van der Waals surface area contributed by atoms with Crippen LogP contribution in [0.4, 0.5) is 0 Å². The number of fused-ring (bicyclic) bond motifs is 6. The van der Waals surface area contributed by atoms with Gasteiger partial charge < -0.3 is 0 Å². The van der Waals surface area contributed by atoms with E-state index in [0.29, 0.717) is 0 Å². The molecule has 0 bridgehead atoms. The Morgan fingerprint density at radius 1 is 0.450 bits per heavy atom. The second-order valence-corrected chi connectivity index (χ2v) is 6.66. The van der Waals surface area contributed by atoms with Gasteiger partial charge in [0.1, 0.15) is 0 Å². The van der Waals surface area contributed by atoms with E-state index in [4.69, 9.17) is 0 Å². The third-order valence-corrected chi connectivity index (χ3v) is 5.59. The van der Waals surface area contributed by atoms with Crippen molar-refractivity contribution in [2.24, 2.45) is 0 Å².